The zero-order valence-electron chi connectivity index (χ0n) is 10.3. The first-order valence-electron chi connectivity index (χ1n) is 6.25. The molecule has 0 amide bonds. The molecule has 0 saturated heterocycles. The maximum absolute atomic E-state index is 12.9. The van der Waals surface area contributed by atoms with Crippen molar-refractivity contribution in [2.24, 2.45) is 5.73 Å². The van der Waals surface area contributed by atoms with Gasteiger partial charge < -0.3 is 11.1 Å². The van der Waals surface area contributed by atoms with Gasteiger partial charge in [-0.15, -0.1) is 0 Å². The highest BCUT2D eigenvalue weighted by molar-refractivity contribution is 6.33. The van der Waals surface area contributed by atoms with E-state index >= 15 is 0 Å². The second-order valence-corrected chi connectivity index (χ2v) is 5.32. The number of rotatable bonds is 2. The maximum atomic E-state index is 12.9. The van der Waals surface area contributed by atoms with Gasteiger partial charge in [-0.05, 0) is 37.8 Å². The minimum Gasteiger partial charge on any atom is -0.381 e. The van der Waals surface area contributed by atoms with Gasteiger partial charge in [0.1, 0.15) is 0 Å². The summed E-state index contributed by atoms with van der Waals surface area (Å²) in [7, 11) is 0. The molecule has 106 valence electrons. The molecule has 1 fully saturated rings. The van der Waals surface area contributed by atoms with Crippen molar-refractivity contribution in [2.75, 3.05) is 5.32 Å². The predicted molar refractivity (Wildman–Crippen MR) is 70.3 cm³/mol. The van der Waals surface area contributed by atoms with Gasteiger partial charge in [0.05, 0.1) is 16.3 Å². The van der Waals surface area contributed by atoms with Crippen LogP contribution in [0.5, 0.6) is 0 Å². The van der Waals surface area contributed by atoms with Crippen LogP contribution in [0.3, 0.4) is 0 Å². The van der Waals surface area contributed by atoms with Gasteiger partial charge in [-0.1, -0.05) is 17.7 Å². The Labute approximate surface area is 115 Å². The molecule has 1 aliphatic carbocycles. The molecule has 2 nitrogen and oxygen atoms in total. The van der Waals surface area contributed by atoms with Gasteiger partial charge in [-0.3, -0.25) is 0 Å². The van der Waals surface area contributed by atoms with Crippen LogP contribution in [0.1, 0.15) is 31.2 Å². The fourth-order valence-corrected chi connectivity index (χ4v) is 2.60. The maximum Gasteiger partial charge on any atom is 0.418 e. The Morgan fingerprint density at radius 3 is 2.37 bits per heavy atom. The fraction of sp³-hybridized carbons (Fsp3) is 0.538. The van der Waals surface area contributed by atoms with Crippen molar-refractivity contribution >= 4 is 17.3 Å². The highest BCUT2D eigenvalue weighted by Gasteiger charge is 2.35. The number of para-hydroxylation sites is 1. The lowest BCUT2D eigenvalue weighted by Gasteiger charge is -2.29. The number of alkyl halides is 3. The Balaban J connectivity index is 2.20. The third-order valence-corrected chi connectivity index (χ3v) is 3.75. The molecule has 1 saturated carbocycles. The van der Waals surface area contributed by atoms with E-state index in [4.69, 9.17) is 17.3 Å². The van der Waals surface area contributed by atoms with E-state index in [0.29, 0.717) is 0 Å². The summed E-state index contributed by atoms with van der Waals surface area (Å²) in [4.78, 5) is 0. The molecule has 3 N–H and O–H groups in total. The standard InChI is InChI=1S/C13H16ClF3N2/c14-11-3-1-2-10(13(15,16)17)12(11)19-9-6-4-8(18)5-7-9/h1-3,8-9,19H,4-7,18H2. The van der Waals surface area contributed by atoms with Crippen LogP contribution in [0.4, 0.5) is 18.9 Å². The SMILES string of the molecule is NC1CCC(Nc2c(Cl)cccc2C(F)(F)F)CC1. The van der Waals surface area contributed by atoms with Gasteiger partial charge in [0.25, 0.3) is 0 Å². The van der Waals surface area contributed by atoms with E-state index in [9.17, 15) is 13.2 Å². The van der Waals surface area contributed by atoms with Crippen molar-refractivity contribution in [3.05, 3.63) is 28.8 Å². The largest absolute Gasteiger partial charge is 0.418 e. The molecule has 1 aromatic rings. The van der Waals surface area contributed by atoms with Crippen molar-refractivity contribution in [1.29, 1.82) is 0 Å². The molecular weight excluding hydrogens is 277 g/mol. The average molecular weight is 293 g/mol. The molecule has 0 heterocycles. The van der Waals surface area contributed by atoms with Crippen LogP contribution < -0.4 is 11.1 Å². The van der Waals surface area contributed by atoms with Crippen LogP contribution in [0.15, 0.2) is 18.2 Å². The molecule has 0 spiro atoms. The van der Waals surface area contributed by atoms with E-state index in [1.54, 1.807) is 0 Å². The number of nitrogens with two attached hydrogens (primary N) is 1. The van der Waals surface area contributed by atoms with Crippen LogP contribution >= 0.6 is 11.6 Å². The van der Waals surface area contributed by atoms with Crippen molar-refractivity contribution in [1.82, 2.24) is 0 Å². The van der Waals surface area contributed by atoms with E-state index in [0.717, 1.165) is 31.7 Å². The first kappa shape index (κ1) is 14.5. The van der Waals surface area contributed by atoms with Gasteiger partial charge >= 0.3 is 6.18 Å². The Morgan fingerprint density at radius 2 is 1.79 bits per heavy atom. The molecule has 0 radical (unpaired) electrons. The molecule has 0 aromatic heterocycles. The Hall–Kier alpha value is -0.940. The van der Waals surface area contributed by atoms with Gasteiger partial charge in [0.15, 0.2) is 0 Å². The Bertz CT molecular complexity index is 440. The van der Waals surface area contributed by atoms with Crippen molar-refractivity contribution < 1.29 is 13.2 Å². The summed E-state index contributed by atoms with van der Waals surface area (Å²) < 4.78 is 38.8. The van der Waals surface area contributed by atoms with Crippen LogP contribution in [0.2, 0.25) is 5.02 Å². The lowest BCUT2D eigenvalue weighted by Crippen LogP contribution is -2.33. The van der Waals surface area contributed by atoms with E-state index in [2.05, 4.69) is 5.32 Å². The first-order valence-corrected chi connectivity index (χ1v) is 6.63. The monoisotopic (exact) mass is 292 g/mol. The summed E-state index contributed by atoms with van der Waals surface area (Å²) in [6.07, 6.45) is -1.22. The van der Waals surface area contributed by atoms with Crippen molar-refractivity contribution in [3.63, 3.8) is 0 Å². The molecule has 0 unspecified atom stereocenters. The average Bonchev–Trinajstić information content (AvgIpc) is 2.33. The van der Waals surface area contributed by atoms with Crippen LogP contribution in [-0.4, -0.2) is 12.1 Å². The van der Waals surface area contributed by atoms with Gasteiger partial charge in [0, 0.05) is 12.1 Å². The van der Waals surface area contributed by atoms with Crippen LogP contribution in [-0.2, 0) is 6.18 Å². The second kappa shape index (κ2) is 5.59. The summed E-state index contributed by atoms with van der Waals surface area (Å²) in [6.45, 7) is 0. The number of halogens is 4. The predicted octanol–water partition coefficient (Wildman–Crippen LogP) is 4.04. The molecule has 1 aliphatic rings. The minimum absolute atomic E-state index is 0.000741. The zero-order valence-corrected chi connectivity index (χ0v) is 11.1. The summed E-state index contributed by atoms with van der Waals surface area (Å²) in [5.74, 6) is 0. The van der Waals surface area contributed by atoms with E-state index in [1.165, 1.54) is 12.1 Å². The zero-order chi connectivity index (χ0) is 14.0. The normalized spacial score (nSPS) is 24.3. The molecule has 0 aliphatic heterocycles. The van der Waals surface area contributed by atoms with Gasteiger partial charge in [-0.2, -0.15) is 13.2 Å². The third-order valence-electron chi connectivity index (χ3n) is 3.44. The topological polar surface area (TPSA) is 38.0 Å². The highest BCUT2D eigenvalue weighted by atomic mass is 35.5. The number of hydrogen-bond acceptors (Lipinski definition) is 2. The second-order valence-electron chi connectivity index (χ2n) is 4.92. The molecule has 1 aromatic carbocycles. The van der Waals surface area contributed by atoms with E-state index in [-0.39, 0.29) is 22.8 Å². The number of benzene rings is 1. The van der Waals surface area contributed by atoms with E-state index in [1.807, 2.05) is 0 Å². The Morgan fingerprint density at radius 1 is 1.16 bits per heavy atom. The smallest absolute Gasteiger partial charge is 0.381 e. The summed E-state index contributed by atoms with van der Waals surface area (Å²) in [5, 5.41) is 3.04. The van der Waals surface area contributed by atoms with E-state index < -0.39 is 11.7 Å². The fourth-order valence-electron chi connectivity index (χ4n) is 2.37. The summed E-state index contributed by atoms with van der Waals surface area (Å²) in [5.41, 5.74) is 5.06. The summed E-state index contributed by atoms with van der Waals surface area (Å²) >= 11 is 5.90. The number of anilines is 1. The first-order chi connectivity index (χ1) is 8.88. The highest BCUT2D eigenvalue weighted by Crippen LogP contribution is 2.39. The molecule has 0 atom stereocenters. The van der Waals surface area contributed by atoms with Crippen molar-refractivity contribution in [3.8, 4) is 0 Å². The lowest BCUT2D eigenvalue weighted by molar-refractivity contribution is -0.137. The van der Waals surface area contributed by atoms with Gasteiger partial charge in [0.2, 0.25) is 0 Å². The summed E-state index contributed by atoms with van der Waals surface area (Å²) in [6, 6.07) is 3.98. The molecule has 6 heteroatoms. The lowest BCUT2D eigenvalue weighted by atomic mass is 9.91. The van der Waals surface area contributed by atoms with Crippen molar-refractivity contribution in [2.45, 2.75) is 43.9 Å². The third kappa shape index (κ3) is 3.54. The van der Waals surface area contributed by atoms with Crippen LogP contribution in [0.25, 0.3) is 0 Å². The Kier molecular flexibility index (Phi) is 4.26. The molecule has 19 heavy (non-hydrogen) atoms. The molecule has 0 bridgehead atoms. The van der Waals surface area contributed by atoms with Crippen LogP contribution in [0, 0.1) is 0 Å². The quantitative estimate of drug-likeness (QED) is 0.863. The molecule has 2 rings (SSSR count). The van der Waals surface area contributed by atoms with Gasteiger partial charge in [-0.25, -0.2) is 0 Å². The minimum atomic E-state index is -4.40. The number of hydrogen-bond donors (Lipinski definition) is 2. The number of nitrogens with one attached hydrogen (secondary N) is 1. The molecular formula is C13H16ClF3N2.